The van der Waals surface area contributed by atoms with Crippen molar-refractivity contribution >= 4 is 69.5 Å². The number of rotatable bonds is 4. The lowest BCUT2D eigenvalue weighted by molar-refractivity contribution is -0.387. The van der Waals surface area contributed by atoms with E-state index in [0.717, 1.165) is 23.2 Å². The van der Waals surface area contributed by atoms with Crippen LogP contribution in [0.5, 0.6) is 0 Å². The highest BCUT2D eigenvalue weighted by molar-refractivity contribution is 8.00. The van der Waals surface area contributed by atoms with Crippen LogP contribution < -0.4 is 5.32 Å². The van der Waals surface area contributed by atoms with Gasteiger partial charge in [0.05, 0.1) is 31.9 Å². The maximum Gasteiger partial charge on any atom is 0.282 e. The number of nitro groups is 1. The van der Waals surface area contributed by atoms with E-state index in [1.54, 1.807) is 18.2 Å². The minimum Gasteiger partial charge on any atom is -0.376 e. The molecule has 0 saturated heterocycles. The summed E-state index contributed by atoms with van der Waals surface area (Å²) >= 11 is 28.1. The maximum absolute atomic E-state index is 11.5. The Morgan fingerprint density at radius 3 is 2.45 bits per heavy atom. The molecule has 1 heterocycles. The predicted molar refractivity (Wildman–Crippen MR) is 138 cm³/mol. The van der Waals surface area contributed by atoms with Crippen molar-refractivity contribution in [1.29, 1.82) is 0 Å². The van der Waals surface area contributed by atoms with Gasteiger partial charge in [0.25, 0.3) is 5.69 Å². The summed E-state index contributed by atoms with van der Waals surface area (Å²) in [5.74, 6) is 0.0651. The highest BCUT2D eigenvalue weighted by Gasteiger charge is 2.51. The molecule has 2 aliphatic rings. The lowest BCUT2D eigenvalue weighted by Crippen LogP contribution is -2.31. The van der Waals surface area contributed by atoms with Gasteiger partial charge in [-0.1, -0.05) is 65.1 Å². The van der Waals surface area contributed by atoms with Gasteiger partial charge in [0.2, 0.25) is 0 Å². The highest BCUT2D eigenvalue weighted by Crippen LogP contribution is 2.59. The summed E-state index contributed by atoms with van der Waals surface area (Å²) in [6.07, 6.45) is 0.752. The zero-order chi connectivity index (χ0) is 23.3. The first-order valence-corrected chi connectivity index (χ1v) is 12.8. The number of hydrogen-bond donors (Lipinski definition) is 1. The van der Waals surface area contributed by atoms with Gasteiger partial charge in [0.1, 0.15) is 0 Å². The Labute approximate surface area is 215 Å². The van der Waals surface area contributed by atoms with Crippen molar-refractivity contribution in [3.63, 3.8) is 0 Å². The van der Waals surface area contributed by atoms with Crippen molar-refractivity contribution < 1.29 is 4.92 Å². The Hall–Kier alpha value is -1.63. The third-order valence-electron chi connectivity index (χ3n) is 6.42. The van der Waals surface area contributed by atoms with Crippen LogP contribution in [0, 0.1) is 16.0 Å². The van der Waals surface area contributed by atoms with E-state index in [-0.39, 0.29) is 39.1 Å². The molecule has 1 aliphatic heterocycles. The fraction of sp³-hybridized carbons (Fsp3) is 0.250. The number of alkyl halides is 1. The summed E-state index contributed by atoms with van der Waals surface area (Å²) in [5, 5.41) is 16.6. The largest absolute Gasteiger partial charge is 0.376 e. The molecule has 9 heteroatoms. The molecule has 1 aliphatic carbocycles. The number of halogens is 4. The first-order valence-electron chi connectivity index (χ1n) is 10.4. The summed E-state index contributed by atoms with van der Waals surface area (Å²) in [7, 11) is 0. The molecule has 0 aromatic heterocycles. The van der Waals surface area contributed by atoms with Gasteiger partial charge >= 0.3 is 0 Å². The zero-order valence-corrected chi connectivity index (χ0v) is 20.9. The van der Waals surface area contributed by atoms with Crippen molar-refractivity contribution in [2.75, 3.05) is 5.32 Å². The number of nitrogens with one attached hydrogen (secondary N) is 1. The maximum atomic E-state index is 11.5. The average Bonchev–Trinajstić information content (AvgIpc) is 3.10. The summed E-state index contributed by atoms with van der Waals surface area (Å²) in [6.45, 7) is 0. The van der Waals surface area contributed by atoms with Crippen molar-refractivity contribution in [2.45, 2.75) is 33.9 Å². The Morgan fingerprint density at radius 1 is 0.970 bits per heavy atom. The molecule has 1 fully saturated rings. The average molecular weight is 540 g/mol. The molecule has 0 radical (unpaired) electrons. The van der Waals surface area contributed by atoms with Gasteiger partial charge in [-0.15, -0.1) is 23.4 Å². The molecule has 4 nitrogen and oxygen atoms in total. The summed E-state index contributed by atoms with van der Waals surface area (Å²) < 4.78 is 0. The predicted octanol–water partition coefficient (Wildman–Crippen LogP) is 8.59. The number of fused-ring (bicyclic) bond motifs is 3. The van der Waals surface area contributed by atoms with Crippen LogP contribution in [-0.4, -0.2) is 15.6 Å². The van der Waals surface area contributed by atoms with E-state index in [1.807, 2.05) is 36.4 Å². The van der Waals surface area contributed by atoms with E-state index in [2.05, 4.69) is 5.32 Å². The fourth-order valence-electron chi connectivity index (χ4n) is 5.05. The number of nitro benzene ring substituents is 1. The minimum absolute atomic E-state index is 0.0411. The van der Waals surface area contributed by atoms with Gasteiger partial charge in [0.15, 0.2) is 0 Å². The zero-order valence-electron chi connectivity index (χ0n) is 17.1. The number of benzene rings is 3. The van der Waals surface area contributed by atoms with Crippen molar-refractivity contribution in [3.05, 3.63) is 97.0 Å². The van der Waals surface area contributed by atoms with E-state index < -0.39 is 0 Å². The molecule has 5 rings (SSSR count). The first kappa shape index (κ1) is 23.1. The molecular weight excluding hydrogens is 522 g/mol. The van der Waals surface area contributed by atoms with Gasteiger partial charge in [-0.2, -0.15) is 0 Å². The number of thioether (sulfide) groups is 1. The molecule has 170 valence electrons. The molecule has 1 N–H and O–H groups in total. The summed E-state index contributed by atoms with van der Waals surface area (Å²) in [4.78, 5) is 11.8. The van der Waals surface area contributed by atoms with Gasteiger partial charge in [0, 0.05) is 27.3 Å². The highest BCUT2D eigenvalue weighted by atomic mass is 35.5. The quantitative estimate of drug-likeness (QED) is 0.205. The number of anilines is 1. The SMILES string of the molecule is O=[N+]([O-])c1ccccc1S[C@H]1C[C@@H]2[C@@H](c3cc(Cl)cc(Cl)c3N[C@H]2c2ccccc2Cl)[C@H]1Cl. The second-order valence-electron chi connectivity index (χ2n) is 8.25. The topological polar surface area (TPSA) is 55.2 Å². The van der Waals surface area contributed by atoms with E-state index in [0.29, 0.717) is 20.0 Å². The molecule has 1 saturated carbocycles. The van der Waals surface area contributed by atoms with Crippen LogP contribution in [0.4, 0.5) is 11.4 Å². The van der Waals surface area contributed by atoms with Gasteiger partial charge in [-0.25, -0.2) is 0 Å². The fourth-order valence-corrected chi connectivity index (χ4v) is 7.81. The third-order valence-corrected chi connectivity index (χ3v) is 9.39. The van der Waals surface area contributed by atoms with E-state index in [9.17, 15) is 10.1 Å². The monoisotopic (exact) mass is 538 g/mol. The van der Waals surface area contributed by atoms with Crippen LogP contribution in [0.1, 0.15) is 29.5 Å². The minimum atomic E-state index is -0.351. The second kappa shape index (κ2) is 9.20. The van der Waals surface area contributed by atoms with Gasteiger partial charge < -0.3 is 5.32 Å². The third kappa shape index (κ3) is 4.19. The van der Waals surface area contributed by atoms with Crippen molar-refractivity contribution in [3.8, 4) is 0 Å². The van der Waals surface area contributed by atoms with E-state index in [4.69, 9.17) is 46.4 Å². The summed E-state index contributed by atoms with van der Waals surface area (Å²) in [5.41, 5.74) is 2.86. The number of hydrogen-bond acceptors (Lipinski definition) is 4. The lowest BCUT2D eigenvalue weighted by atomic mass is 9.77. The number of nitrogens with zero attached hydrogens (tertiary/aromatic N) is 1. The Kier molecular flexibility index (Phi) is 6.45. The van der Waals surface area contributed by atoms with Crippen molar-refractivity contribution in [1.82, 2.24) is 0 Å². The van der Waals surface area contributed by atoms with E-state index >= 15 is 0 Å². The first-order chi connectivity index (χ1) is 15.8. The molecular formula is C24H18Cl4N2O2S. The van der Waals surface area contributed by atoms with E-state index in [1.165, 1.54) is 17.8 Å². The van der Waals surface area contributed by atoms with Crippen LogP contribution in [0.15, 0.2) is 65.6 Å². The summed E-state index contributed by atoms with van der Waals surface area (Å²) in [6, 6.07) is 18.1. The van der Waals surface area contributed by atoms with Crippen molar-refractivity contribution in [2.24, 2.45) is 5.92 Å². The molecule has 0 amide bonds. The number of para-hydroxylation sites is 1. The lowest BCUT2D eigenvalue weighted by Gasteiger charge is -2.39. The molecule has 5 atom stereocenters. The molecule has 33 heavy (non-hydrogen) atoms. The van der Waals surface area contributed by atoms with Crippen LogP contribution >= 0.6 is 58.2 Å². The molecule has 0 bridgehead atoms. The van der Waals surface area contributed by atoms with Crippen LogP contribution in [0.2, 0.25) is 15.1 Å². The van der Waals surface area contributed by atoms with Crippen LogP contribution in [0.3, 0.4) is 0 Å². The smallest absolute Gasteiger partial charge is 0.282 e. The standard InChI is InChI=1S/C24H18Cl4N2O2S/c25-12-9-14-21-15(11-20(22(21)28)33-19-8-4-3-7-18(19)30(31)32)23(29-24(14)17(27)10-12)13-5-1-2-6-16(13)26/h1-10,15,20-23,29H,11H2/t15-,20+,21-,22+,23+/m1/s1. The molecule has 3 aromatic rings. The van der Waals surface area contributed by atoms with Gasteiger partial charge in [-0.3, -0.25) is 10.1 Å². The second-order valence-corrected chi connectivity index (χ2v) is 11.3. The normalized spacial score (nSPS) is 25.8. The Bertz CT molecular complexity index is 1240. The molecule has 0 unspecified atom stereocenters. The van der Waals surface area contributed by atoms with Crippen LogP contribution in [-0.2, 0) is 0 Å². The molecule has 0 spiro atoms. The Balaban J connectivity index is 1.58. The van der Waals surface area contributed by atoms with Crippen LogP contribution in [0.25, 0.3) is 0 Å². The molecule has 3 aromatic carbocycles. The Morgan fingerprint density at radius 2 is 1.70 bits per heavy atom. The van der Waals surface area contributed by atoms with Gasteiger partial charge in [-0.05, 0) is 47.7 Å².